The third-order valence-corrected chi connectivity index (χ3v) is 8.08. The predicted molar refractivity (Wildman–Crippen MR) is 80.8 cm³/mol. The Hall–Kier alpha value is -0.780. The molecule has 0 nitrogen and oxygen atoms in total. The quantitative estimate of drug-likeness (QED) is 0.567. The zero-order valence-electron chi connectivity index (χ0n) is 12.1. The Kier molecular flexibility index (Phi) is 1.91. The molecule has 6 bridgehead atoms. The van der Waals surface area contributed by atoms with Gasteiger partial charge in [-0.25, -0.2) is 0 Å². The fourth-order valence-electron chi connectivity index (χ4n) is 7.60. The smallest absolute Gasteiger partial charge is 0.0159 e. The van der Waals surface area contributed by atoms with Crippen LogP contribution in [0.1, 0.15) is 25.7 Å². The molecule has 10 atom stereocenters. The van der Waals surface area contributed by atoms with Crippen LogP contribution in [-0.4, -0.2) is 0 Å². The standard InChI is InChI=1S/C20H24/c1-2-12-4-3-11(1)17-15-9-10-16(18(12)17)20-14-7-5-13(6-8-14)19(15)20/h1-2,5,7,9-20H,3-4,6,8H2/t11-,12+,13+,14-,15?,16?,17+,18-,19-,20+. The first-order valence-electron chi connectivity index (χ1n) is 8.97. The lowest BCUT2D eigenvalue weighted by atomic mass is 9.39. The van der Waals surface area contributed by atoms with Gasteiger partial charge in [-0.05, 0) is 84.9 Å². The Morgan fingerprint density at radius 3 is 0.950 bits per heavy atom. The maximum Gasteiger partial charge on any atom is -0.0159 e. The Morgan fingerprint density at radius 1 is 0.400 bits per heavy atom. The highest BCUT2D eigenvalue weighted by molar-refractivity contribution is 5.28. The molecule has 0 N–H and O–H groups in total. The molecule has 104 valence electrons. The normalized spacial score (nSPS) is 63.6. The molecule has 0 aromatic heterocycles. The first-order chi connectivity index (χ1) is 9.92. The van der Waals surface area contributed by atoms with E-state index >= 15 is 0 Å². The second-order valence-corrected chi connectivity index (χ2v) is 8.43. The van der Waals surface area contributed by atoms with Crippen LogP contribution < -0.4 is 0 Å². The van der Waals surface area contributed by atoms with Crippen molar-refractivity contribution in [3.63, 3.8) is 0 Å². The maximum atomic E-state index is 2.68. The molecule has 9 rings (SSSR count). The van der Waals surface area contributed by atoms with Crippen LogP contribution in [-0.2, 0) is 0 Å². The minimum absolute atomic E-state index is 0.922. The van der Waals surface area contributed by atoms with E-state index in [0.717, 1.165) is 59.2 Å². The van der Waals surface area contributed by atoms with Crippen molar-refractivity contribution in [2.45, 2.75) is 25.7 Å². The third kappa shape index (κ3) is 1.10. The van der Waals surface area contributed by atoms with Crippen molar-refractivity contribution >= 4 is 0 Å². The van der Waals surface area contributed by atoms with E-state index in [4.69, 9.17) is 0 Å². The maximum absolute atomic E-state index is 2.68. The van der Waals surface area contributed by atoms with Gasteiger partial charge in [-0.2, -0.15) is 0 Å². The minimum atomic E-state index is 0.922. The highest BCUT2D eigenvalue weighted by Gasteiger charge is 2.61. The van der Waals surface area contributed by atoms with Gasteiger partial charge in [-0.1, -0.05) is 36.5 Å². The second kappa shape index (κ2) is 3.51. The average Bonchev–Trinajstić information content (AvgIpc) is 2.57. The zero-order chi connectivity index (χ0) is 12.8. The first kappa shape index (κ1) is 10.9. The average molecular weight is 264 g/mol. The van der Waals surface area contributed by atoms with Crippen molar-refractivity contribution < 1.29 is 0 Å². The molecule has 0 heteroatoms. The molecule has 9 aliphatic carbocycles. The van der Waals surface area contributed by atoms with Gasteiger partial charge in [0.05, 0.1) is 0 Å². The summed E-state index contributed by atoms with van der Waals surface area (Å²) >= 11 is 0. The van der Waals surface area contributed by atoms with Gasteiger partial charge in [-0.3, -0.25) is 0 Å². The van der Waals surface area contributed by atoms with Crippen molar-refractivity contribution in [3.8, 4) is 0 Å². The molecule has 0 radical (unpaired) electrons. The van der Waals surface area contributed by atoms with E-state index in [0.29, 0.717) is 0 Å². The van der Waals surface area contributed by atoms with Crippen LogP contribution in [0, 0.1) is 59.2 Å². The largest absolute Gasteiger partial charge is 0.0848 e. The molecule has 2 unspecified atom stereocenters. The molecule has 0 aliphatic heterocycles. The third-order valence-electron chi connectivity index (χ3n) is 8.08. The monoisotopic (exact) mass is 264 g/mol. The van der Waals surface area contributed by atoms with Crippen molar-refractivity contribution in [2.24, 2.45) is 59.2 Å². The van der Waals surface area contributed by atoms with Crippen LogP contribution in [0.2, 0.25) is 0 Å². The van der Waals surface area contributed by atoms with E-state index < -0.39 is 0 Å². The topological polar surface area (TPSA) is 0 Å². The summed E-state index contributed by atoms with van der Waals surface area (Å²) in [4.78, 5) is 0. The Bertz CT molecular complexity index is 450. The van der Waals surface area contributed by atoms with Crippen LogP contribution in [0.3, 0.4) is 0 Å². The van der Waals surface area contributed by atoms with Crippen molar-refractivity contribution in [1.29, 1.82) is 0 Å². The summed E-state index contributed by atoms with van der Waals surface area (Å²) in [6, 6.07) is 0. The number of allylic oxidation sites excluding steroid dienone is 6. The van der Waals surface area contributed by atoms with E-state index in [-0.39, 0.29) is 0 Å². The zero-order valence-corrected chi connectivity index (χ0v) is 12.1. The molecular weight excluding hydrogens is 240 g/mol. The van der Waals surface area contributed by atoms with Crippen LogP contribution in [0.25, 0.3) is 0 Å². The lowest BCUT2D eigenvalue weighted by molar-refractivity contribution is -0.108. The van der Waals surface area contributed by atoms with Crippen LogP contribution >= 0.6 is 0 Å². The molecule has 20 heavy (non-hydrogen) atoms. The molecule has 3 fully saturated rings. The molecule has 0 aromatic carbocycles. The number of hydrogen-bond donors (Lipinski definition) is 0. The lowest BCUT2D eigenvalue weighted by Crippen LogP contribution is -2.60. The van der Waals surface area contributed by atoms with Gasteiger partial charge in [0, 0.05) is 0 Å². The SMILES string of the molecule is C1=CC2[C@@H]3[C@H](C1[C@@H]1[C@H]2[C@@H]2C=C[C@H]1CC2)[C@@H]1C=C[C@H]3CC1. The first-order valence-corrected chi connectivity index (χ1v) is 8.97. The summed E-state index contributed by atoms with van der Waals surface area (Å²) in [5.41, 5.74) is 0. The van der Waals surface area contributed by atoms with Gasteiger partial charge >= 0.3 is 0 Å². The van der Waals surface area contributed by atoms with Crippen LogP contribution in [0.4, 0.5) is 0 Å². The summed E-state index contributed by atoms with van der Waals surface area (Å²) in [6.07, 6.45) is 21.7. The molecule has 0 saturated heterocycles. The van der Waals surface area contributed by atoms with Gasteiger partial charge in [0.1, 0.15) is 0 Å². The Labute approximate surface area is 122 Å². The van der Waals surface area contributed by atoms with Gasteiger partial charge in [0.25, 0.3) is 0 Å². The Morgan fingerprint density at radius 2 is 0.700 bits per heavy atom. The van der Waals surface area contributed by atoms with Gasteiger partial charge < -0.3 is 0 Å². The summed E-state index contributed by atoms with van der Waals surface area (Å²) in [5.74, 6) is 9.60. The van der Waals surface area contributed by atoms with Crippen molar-refractivity contribution in [1.82, 2.24) is 0 Å². The number of hydrogen-bond acceptors (Lipinski definition) is 0. The van der Waals surface area contributed by atoms with E-state index in [9.17, 15) is 0 Å². The minimum Gasteiger partial charge on any atom is -0.0848 e. The fraction of sp³-hybridized carbons (Fsp3) is 0.700. The molecule has 0 amide bonds. The van der Waals surface area contributed by atoms with Gasteiger partial charge in [0.15, 0.2) is 0 Å². The summed E-state index contributed by atoms with van der Waals surface area (Å²) in [7, 11) is 0. The summed E-state index contributed by atoms with van der Waals surface area (Å²) in [5, 5.41) is 0. The summed E-state index contributed by atoms with van der Waals surface area (Å²) in [6.45, 7) is 0. The van der Waals surface area contributed by atoms with Gasteiger partial charge in [0.2, 0.25) is 0 Å². The van der Waals surface area contributed by atoms with Crippen molar-refractivity contribution in [2.75, 3.05) is 0 Å². The van der Waals surface area contributed by atoms with E-state index in [2.05, 4.69) is 36.5 Å². The van der Waals surface area contributed by atoms with Crippen LogP contribution in [0.15, 0.2) is 36.5 Å². The van der Waals surface area contributed by atoms with Crippen molar-refractivity contribution in [3.05, 3.63) is 36.5 Å². The molecule has 9 aliphatic rings. The second-order valence-electron chi connectivity index (χ2n) is 8.43. The fourth-order valence-corrected chi connectivity index (χ4v) is 7.60. The van der Waals surface area contributed by atoms with Gasteiger partial charge in [-0.15, -0.1) is 0 Å². The van der Waals surface area contributed by atoms with E-state index in [1.54, 1.807) is 0 Å². The number of rotatable bonds is 0. The van der Waals surface area contributed by atoms with E-state index in [1.165, 1.54) is 25.7 Å². The molecule has 0 spiro atoms. The highest BCUT2D eigenvalue weighted by Crippen LogP contribution is 2.67. The molecular formula is C20H24. The summed E-state index contributed by atoms with van der Waals surface area (Å²) < 4.78 is 0. The number of fused-ring (bicyclic) bond motifs is 2. The molecule has 3 saturated carbocycles. The molecule has 0 heterocycles. The lowest BCUT2D eigenvalue weighted by Gasteiger charge is -2.65. The highest BCUT2D eigenvalue weighted by atomic mass is 14.6. The predicted octanol–water partition coefficient (Wildman–Crippen LogP) is 4.46. The Balaban J connectivity index is 1.51. The molecule has 0 aromatic rings. The van der Waals surface area contributed by atoms with E-state index in [1.807, 2.05) is 0 Å². The van der Waals surface area contributed by atoms with Crippen LogP contribution in [0.5, 0.6) is 0 Å².